The molecule has 1 atom stereocenters. The van der Waals surface area contributed by atoms with Gasteiger partial charge in [0.25, 0.3) is 0 Å². The lowest BCUT2D eigenvalue weighted by molar-refractivity contribution is 0.198. The fraction of sp³-hybridized carbons (Fsp3) is 0.250. The Labute approximate surface area is 108 Å². The molecule has 0 aliphatic rings. The molecule has 0 aliphatic carbocycles. The van der Waals surface area contributed by atoms with E-state index in [9.17, 15) is 9.50 Å². The van der Waals surface area contributed by atoms with Crippen molar-refractivity contribution in [3.63, 3.8) is 0 Å². The fourth-order valence-electron chi connectivity index (χ4n) is 1.33. The summed E-state index contributed by atoms with van der Waals surface area (Å²) in [6.45, 7) is 3.53. The van der Waals surface area contributed by atoms with Crippen molar-refractivity contribution < 1.29 is 9.50 Å². The second-order valence-corrected chi connectivity index (χ2v) is 5.87. The Morgan fingerprint density at radius 1 is 1.47 bits per heavy atom. The van der Waals surface area contributed by atoms with E-state index in [-0.39, 0.29) is 5.82 Å². The minimum atomic E-state index is -0.648. The van der Waals surface area contributed by atoms with Gasteiger partial charge >= 0.3 is 0 Å². The van der Waals surface area contributed by atoms with Crippen LogP contribution in [0.5, 0.6) is 0 Å². The maximum absolute atomic E-state index is 13.7. The molecule has 1 aromatic carbocycles. The Hall–Kier alpha value is -0.910. The molecule has 1 aromatic heterocycles. The summed E-state index contributed by atoms with van der Waals surface area (Å²) in [7, 11) is 0. The Morgan fingerprint density at radius 3 is 2.76 bits per heavy atom. The number of hydrogen-bond donors (Lipinski definition) is 1. The third-order valence-electron chi connectivity index (χ3n) is 2.23. The zero-order valence-electron chi connectivity index (χ0n) is 9.48. The molecule has 0 fully saturated rings. The fourth-order valence-corrected chi connectivity index (χ4v) is 3.13. The summed E-state index contributed by atoms with van der Waals surface area (Å²) in [5.41, 5.74) is 1.53. The van der Waals surface area contributed by atoms with Gasteiger partial charge in [-0.15, -0.1) is 11.3 Å². The molecular weight excluding hydrogens is 257 g/mol. The summed E-state index contributed by atoms with van der Waals surface area (Å²) in [6, 6.07) is 4.78. The summed E-state index contributed by atoms with van der Waals surface area (Å²) in [6.07, 6.45) is -0.648. The van der Waals surface area contributed by atoms with E-state index >= 15 is 0 Å². The molecule has 2 rings (SSSR count). The van der Waals surface area contributed by atoms with Gasteiger partial charge in [-0.3, -0.25) is 0 Å². The molecule has 0 saturated heterocycles. The molecule has 0 unspecified atom stereocenters. The number of aromatic nitrogens is 1. The predicted octanol–water partition coefficient (Wildman–Crippen LogP) is 3.80. The van der Waals surface area contributed by atoms with Gasteiger partial charge < -0.3 is 5.11 Å². The summed E-state index contributed by atoms with van der Waals surface area (Å²) in [4.78, 5) is 4.80. The first-order valence-corrected chi connectivity index (χ1v) is 6.83. The van der Waals surface area contributed by atoms with E-state index in [4.69, 9.17) is 0 Å². The number of hydrogen-bond acceptors (Lipinski definition) is 4. The third-order valence-corrected chi connectivity index (χ3v) is 4.34. The summed E-state index contributed by atoms with van der Waals surface area (Å²) in [5.74, 6) is -0.318. The molecular formula is C12H12FNOS2. The summed E-state index contributed by atoms with van der Waals surface area (Å²) < 4.78 is 14.6. The number of halogens is 1. The molecule has 2 nitrogen and oxygen atoms in total. The molecule has 0 spiro atoms. The van der Waals surface area contributed by atoms with Crippen LogP contribution in [0.15, 0.2) is 32.8 Å². The smallest absolute Gasteiger partial charge is 0.154 e. The molecule has 5 heteroatoms. The van der Waals surface area contributed by atoms with Crippen LogP contribution >= 0.6 is 23.1 Å². The van der Waals surface area contributed by atoms with Crippen molar-refractivity contribution in [2.75, 3.05) is 0 Å². The van der Waals surface area contributed by atoms with Gasteiger partial charge in [0, 0.05) is 11.1 Å². The predicted molar refractivity (Wildman–Crippen MR) is 68.0 cm³/mol. The van der Waals surface area contributed by atoms with Gasteiger partial charge in [0.15, 0.2) is 4.34 Å². The van der Waals surface area contributed by atoms with Crippen LogP contribution in [0.1, 0.15) is 24.3 Å². The second kappa shape index (κ2) is 5.16. The van der Waals surface area contributed by atoms with Crippen molar-refractivity contribution in [1.29, 1.82) is 0 Å². The van der Waals surface area contributed by atoms with Crippen LogP contribution in [-0.4, -0.2) is 10.1 Å². The number of benzene rings is 1. The van der Waals surface area contributed by atoms with Crippen molar-refractivity contribution in [3.05, 3.63) is 40.7 Å². The number of rotatable bonds is 3. The first-order chi connectivity index (χ1) is 8.06. The standard InChI is InChI=1S/C12H12FNOS2/c1-7-6-16-12(14-7)17-11-4-3-9(8(2)15)5-10(11)13/h3-6,8,15H,1-2H3/t8-/m1/s1. The van der Waals surface area contributed by atoms with Crippen molar-refractivity contribution >= 4 is 23.1 Å². The van der Waals surface area contributed by atoms with Gasteiger partial charge in [-0.2, -0.15) is 0 Å². The van der Waals surface area contributed by atoms with Crippen LogP contribution in [0.2, 0.25) is 0 Å². The number of thiazole rings is 1. The number of aliphatic hydroxyl groups is 1. The van der Waals surface area contributed by atoms with E-state index in [1.165, 1.54) is 29.2 Å². The van der Waals surface area contributed by atoms with E-state index in [1.54, 1.807) is 19.1 Å². The van der Waals surface area contributed by atoms with E-state index in [0.717, 1.165) is 10.0 Å². The summed E-state index contributed by atoms with van der Waals surface area (Å²) >= 11 is 2.81. The highest BCUT2D eigenvalue weighted by Crippen LogP contribution is 2.32. The number of nitrogens with zero attached hydrogens (tertiary/aromatic N) is 1. The Balaban J connectivity index is 2.22. The maximum Gasteiger partial charge on any atom is 0.154 e. The number of aliphatic hydroxyl groups excluding tert-OH is 1. The average Bonchev–Trinajstić information content (AvgIpc) is 2.67. The topological polar surface area (TPSA) is 33.1 Å². The van der Waals surface area contributed by atoms with Gasteiger partial charge in [-0.05, 0) is 31.5 Å². The van der Waals surface area contributed by atoms with Crippen LogP contribution in [0.25, 0.3) is 0 Å². The minimum absolute atomic E-state index is 0.318. The monoisotopic (exact) mass is 269 g/mol. The van der Waals surface area contributed by atoms with E-state index in [0.29, 0.717) is 10.5 Å². The molecule has 90 valence electrons. The Bertz CT molecular complexity index is 525. The van der Waals surface area contributed by atoms with Crippen molar-refractivity contribution in [1.82, 2.24) is 4.98 Å². The lowest BCUT2D eigenvalue weighted by atomic mass is 10.1. The third kappa shape index (κ3) is 3.06. The molecule has 0 aliphatic heterocycles. The second-order valence-electron chi connectivity index (χ2n) is 3.72. The van der Waals surface area contributed by atoms with Gasteiger partial charge in [0.2, 0.25) is 0 Å². The average molecular weight is 269 g/mol. The molecule has 0 radical (unpaired) electrons. The highest BCUT2D eigenvalue weighted by atomic mass is 32.2. The van der Waals surface area contributed by atoms with E-state index < -0.39 is 6.10 Å². The zero-order chi connectivity index (χ0) is 12.4. The van der Waals surface area contributed by atoms with E-state index in [2.05, 4.69) is 4.98 Å². The maximum atomic E-state index is 13.7. The first-order valence-electron chi connectivity index (χ1n) is 5.14. The highest BCUT2D eigenvalue weighted by molar-refractivity contribution is 8.01. The SMILES string of the molecule is Cc1csc(Sc2ccc([C@@H](C)O)cc2F)n1. The molecule has 0 saturated carbocycles. The van der Waals surface area contributed by atoms with Crippen LogP contribution in [-0.2, 0) is 0 Å². The van der Waals surface area contributed by atoms with Crippen LogP contribution in [0, 0.1) is 12.7 Å². The van der Waals surface area contributed by atoms with Gasteiger partial charge in [0.1, 0.15) is 5.82 Å². The first kappa shape index (κ1) is 12.5. The van der Waals surface area contributed by atoms with E-state index in [1.807, 2.05) is 12.3 Å². The van der Waals surface area contributed by atoms with Gasteiger partial charge in [0.05, 0.1) is 11.0 Å². The Morgan fingerprint density at radius 2 is 2.24 bits per heavy atom. The van der Waals surface area contributed by atoms with Gasteiger partial charge in [-0.25, -0.2) is 9.37 Å². The Kier molecular flexibility index (Phi) is 3.81. The molecule has 17 heavy (non-hydrogen) atoms. The molecule has 0 bridgehead atoms. The number of aryl methyl sites for hydroxylation is 1. The largest absolute Gasteiger partial charge is 0.389 e. The van der Waals surface area contributed by atoms with Crippen LogP contribution in [0.4, 0.5) is 4.39 Å². The van der Waals surface area contributed by atoms with Crippen molar-refractivity contribution in [2.24, 2.45) is 0 Å². The lowest BCUT2D eigenvalue weighted by Gasteiger charge is -2.06. The summed E-state index contributed by atoms with van der Waals surface area (Å²) in [5, 5.41) is 11.3. The minimum Gasteiger partial charge on any atom is -0.389 e. The lowest BCUT2D eigenvalue weighted by Crippen LogP contribution is -1.92. The normalized spacial score (nSPS) is 12.7. The zero-order valence-corrected chi connectivity index (χ0v) is 11.1. The molecule has 1 heterocycles. The quantitative estimate of drug-likeness (QED) is 0.920. The molecule has 2 aromatic rings. The van der Waals surface area contributed by atoms with Crippen LogP contribution in [0.3, 0.4) is 0 Å². The van der Waals surface area contributed by atoms with Crippen molar-refractivity contribution in [3.8, 4) is 0 Å². The van der Waals surface area contributed by atoms with Crippen molar-refractivity contribution in [2.45, 2.75) is 29.2 Å². The van der Waals surface area contributed by atoms with Gasteiger partial charge in [-0.1, -0.05) is 17.8 Å². The molecule has 0 amide bonds. The highest BCUT2D eigenvalue weighted by Gasteiger charge is 2.09. The van der Waals surface area contributed by atoms with Crippen LogP contribution < -0.4 is 0 Å². The molecule has 1 N–H and O–H groups in total.